The smallest absolute Gasteiger partial charge is 0.220 e. The molecule has 6 heteroatoms. The van der Waals surface area contributed by atoms with Crippen molar-refractivity contribution in [1.82, 2.24) is 20.5 Å². The first kappa shape index (κ1) is 18.6. The van der Waals surface area contributed by atoms with E-state index in [1.54, 1.807) is 0 Å². The number of aliphatic hydroxyl groups is 1. The lowest BCUT2D eigenvalue weighted by Gasteiger charge is -2.38. The van der Waals surface area contributed by atoms with Crippen LogP contribution in [0.2, 0.25) is 0 Å². The first-order valence-corrected chi connectivity index (χ1v) is 9.84. The number of aromatic amines is 1. The molecule has 2 aromatic heterocycles. The van der Waals surface area contributed by atoms with Gasteiger partial charge in [0.15, 0.2) is 0 Å². The number of carbonyl (C=O) groups is 1. The molecule has 0 spiro atoms. The number of aromatic nitrogens is 3. The zero-order valence-corrected chi connectivity index (χ0v) is 16.3. The van der Waals surface area contributed by atoms with Gasteiger partial charge in [-0.1, -0.05) is 18.2 Å². The van der Waals surface area contributed by atoms with Crippen LogP contribution in [0.5, 0.6) is 0 Å². The van der Waals surface area contributed by atoms with E-state index < -0.39 is 0 Å². The first-order valence-electron chi connectivity index (χ1n) is 9.84. The average molecular weight is 378 g/mol. The Hall–Kier alpha value is -2.73. The quantitative estimate of drug-likeness (QED) is 0.615. The van der Waals surface area contributed by atoms with Gasteiger partial charge in [-0.05, 0) is 55.9 Å². The molecule has 0 aliphatic heterocycles. The summed E-state index contributed by atoms with van der Waals surface area (Å²) >= 11 is 0. The van der Waals surface area contributed by atoms with Crippen LogP contribution in [0, 0.1) is 19.8 Å². The Morgan fingerprint density at radius 2 is 2.11 bits per heavy atom. The largest absolute Gasteiger partial charge is 0.393 e. The van der Waals surface area contributed by atoms with Gasteiger partial charge in [-0.3, -0.25) is 14.9 Å². The number of nitrogens with zero attached hydrogens (tertiary/aromatic N) is 2. The second kappa shape index (κ2) is 7.72. The Morgan fingerprint density at radius 1 is 1.32 bits per heavy atom. The van der Waals surface area contributed by atoms with E-state index in [0.29, 0.717) is 25.7 Å². The van der Waals surface area contributed by atoms with Gasteiger partial charge in [0.2, 0.25) is 5.91 Å². The molecule has 1 amide bonds. The molecule has 1 aromatic carbocycles. The number of hydrogen-bond acceptors (Lipinski definition) is 4. The van der Waals surface area contributed by atoms with Crippen molar-refractivity contribution in [1.29, 1.82) is 0 Å². The Bertz CT molecular complexity index is 991. The summed E-state index contributed by atoms with van der Waals surface area (Å²) in [7, 11) is 0. The van der Waals surface area contributed by atoms with Crippen molar-refractivity contribution in [2.24, 2.45) is 5.92 Å². The van der Waals surface area contributed by atoms with Crippen LogP contribution in [-0.4, -0.2) is 32.3 Å². The molecular formula is C22H26N4O2. The zero-order valence-electron chi connectivity index (χ0n) is 16.3. The Labute approximate surface area is 164 Å². The summed E-state index contributed by atoms with van der Waals surface area (Å²) in [6, 6.07) is 9.93. The molecule has 0 unspecified atom stereocenters. The summed E-state index contributed by atoms with van der Waals surface area (Å²) in [6.45, 7) is 4.00. The Balaban J connectivity index is 1.49. The third kappa shape index (κ3) is 3.78. The molecule has 1 atom stereocenters. The van der Waals surface area contributed by atoms with Crippen LogP contribution in [0.15, 0.2) is 36.5 Å². The third-order valence-corrected chi connectivity index (χ3v) is 5.85. The third-order valence-electron chi connectivity index (χ3n) is 5.85. The fourth-order valence-corrected chi connectivity index (χ4v) is 3.89. The van der Waals surface area contributed by atoms with Crippen molar-refractivity contribution < 1.29 is 9.90 Å². The normalized spacial score (nSPS) is 20.0. The first-order chi connectivity index (χ1) is 13.5. The maximum atomic E-state index is 12.7. The lowest BCUT2D eigenvalue weighted by Crippen LogP contribution is -2.41. The Morgan fingerprint density at radius 3 is 2.82 bits per heavy atom. The molecule has 4 rings (SSSR count). The van der Waals surface area contributed by atoms with Crippen LogP contribution in [-0.2, 0) is 11.2 Å². The number of rotatable bonds is 6. The topological polar surface area (TPSA) is 90.9 Å². The minimum Gasteiger partial charge on any atom is -0.393 e. The number of carbonyl (C=O) groups excluding carboxylic acids is 1. The second-order valence-corrected chi connectivity index (χ2v) is 7.81. The predicted octanol–water partition coefficient (Wildman–Crippen LogP) is 3.14. The number of hydrogen-bond donors (Lipinski definition) is 3. The van der Waals surface area contributed by atoms with Crippen LogP contribution in [0.3, 0.4) is 0 Å². The highest BCUT2D eigenvalue weighted by molar-refractivity contribution is 5.80. The number of pyridine rings is 1. The Kier molecular flexibility index (Phi) is 5.13. The maximum absolute atomic E-state index is 12.7. The molecular weight excluding hydrogens is 352 g/mol. The molecule has 0 saturated heterocycles. The summed E-state index contributed by atoms with van der Waals surface area (Å²) in [5, 5.41) is 21.3. The van der Waals surface area contributed by atoms with Crippen molar-refractivity contribution in [2.75, 3.05) is 0 Å². The monoisotopic (exact) mass is 378 g/mol. The molecule has 28 heavy (non-hydrogen) atoms. The molecule has 3 N–H and O–H groups in total. The highest BCUT2D eigenvalue weighted by atomic mass is 16.3. The van der Waals surface area contributed by atoms with E-state index in [4.69, 9.17) is 0 Å². The van der Waals surface area contributed by atoms with Crippen LogP contribution in [0.4, 0.5) is 0 Å². The summed E-state index contributed by atoms with van der Waals surface area (Å²) < 4.78 is 0. The van der Waals surface area contributed by atoms with E-state index in [2.05, 4.69) is 26.6 Å². The number of benzene rings is 1. The highest BCUT2D eigenvalue weighted by Crippen LogP contribution is 2.38. The van der Waals surface area contributed by atoms with E-state index in [0.717, 1.165) is 33.4 Å². The van der Waals surface area contributed by atoms with Crippen molar-refractivity contribution in [3.63, 3.8) is 0 Å². The van der Waals surface area contributed by atoms with E-state index in [1.807, 2.05) is 44.3 Å². The van der Waals surface area contributed by atoms with E-state index >= 15 is 0 Å². The fourth-order valence-electron chi connectivity index (χ4n) is 3.89. The van der Waals surface area contributed by atoms with Gasteiger partial charge < -0.3 is 10.4 Å². The SMILES string of the molecule is Cc1[nH]nc(CCC(=O)N[C@H](c2cnc3ccccc3c2)C2CC(O)C2)c1C. The molecule has 0 bridgehead atoms. The number of para-hydroxylation sites is 1. The number of aryl methyl sites for hydroxylation is 2. The summed E-state index contributed by atoms with van der Waals surface area (Å²) in [6.07, 6.45) is 3.98. The summed E-state index contributed by atoms with van der Waals surface area (Å²) in [4.78, 5) is 17.2. The predicted molar refractivity (Wildman–Crippen MR) is 108 cm³/mol. The lowest BCUT2D eigenvalue weighted by atomic mass is 9.75. The van der Waals surface area contributed by atoms with E-state index in [1.165, 1.54) is 0 Å². The molecule has 1 saturated carbocycles. The van der Waals surface area contributed by atoms with Crippen LogP contribution < -0.4 is 5.32 Å². The molecule has 1 aliphatic rings. The minimum atomic E-state index is -0.271. The van der Waals surface area contributed by atoms with Crippen molar-refractivity contribution >= 4 is 16.8 Å². The van der Waals surface area contributed by atoms with Gasteiger partial charge >= 0.3 is 0 Å². The second-order valence-electron chi connectivity index (χ2n) is 7.81. The van der Waals surface area contributed by atoms with E-state index in [9.17, 15) is 9.90 Å². The van der Waals surface area contributed by atoms with Gasteiger partial charge in [0.1, 0.15) is 0 Å². The summed E-state index contributed by atoms with van der Waals surface area (Å²) in [5.74, 6) is 0.232. The van der Waals surface area contributed by atoms with E-state index in [-0.39, 0.29) is 24.0 Å². The van der Waals surface area contributed by atoms with Crippen molar-refractivity contribution in [3.8, 4) is 0 Å². The molecule has 0 radical (unpaired) electrons. The van der Waals surface area contributed by atoms with Crippen LogP contribution in [0.1, 0.15) is 47.8 Å². The molecule has 3 aromatic rings. The number of nitrogens with one attached hydrogen (secondary N) is 2. The molecule has 146 valence electrons. The number of H-pyrrole nitrogens is 1. The highest BCUT2D eigenvalue weighted by Gasteiger charge is 2.35. The molecule has 1 aliphatic carbocycles. The van der Waals surface area contributed by atoms with Gasteiger partial charge in [0.25, 0.3) is 0 Å². The molecule has 1 fully saturated rings. The number of aliphatic hydroxyl groups excluding tert-OH is 1. The van der Waals surface area contributed by atoms with Crippen molar-refractivity contribution in [3.05, 3.63) is 59.0 Å². The van der Waals surface area contributed by atoms with Crippen LogP contribution in [0.25, 0.3) is 10.9 Å². The van der Waals surface area contributed by atoms with Gasteiger partial charge in [0, 0.05) is 30.1 Å². The maximum Gasteiger partial charge on any atom is 0.220 e. The van der Waals surface area contributed by atoms with Crippen LogP contribution >= 0.6 is 0 Å². The summed E-state index contributed by atoms with van der Waals surface area (Å²) in [5.41, 5.74) is 5.03. The number of fused-ring (bicyclic) bond motifs is 1. The van der Waals surface area contributed by atoms with Gasteiger partial charge in [-0.2, -0.15) is 5.10 Å². The zero-order chi connectivity index (χ0) is 19.7. The van der Waals surface area contributed by atoms with Gasteiger partial charge in [-0.25, -0.2) is 0 Å². The average Bonchev–Trinajstić information content (AvgIpc) is 3.00. The standard InChI is InChI=1S/C22H26N4O2/c1-13-14(2)25-26-19(13)7-8-21(28)24-22(16-10-18(27)11-16)17-9-15-5-3-4-6-20(15)23-12-17/h3-6,9,12,16,18,22,27H,7-8,10-11H2,1-2H3,(H,24,28)(H,25,26)/t16?,18?,22-/m0/s1. The van der Waals surface area contributed by atoms with Crippen molar-refractivity contribution in [2.45, 2.75) is 51.7 Å². The molecule has 6 nitrogen and oxygen atoms in total. The molecule has 2 heterocycles. The number of amides is 1. The van der Waals surface area contributed by atoms with Gasteiger partial charge in [0.05, 0.1) is 23.4 Å². The van der Waals surface area contributed by atoms with Gasteiger partial charge in [-0.15, -0.1) is 0 Å². The fraction of sp³-hybridized carbons (Fsp3) is 0.409. The minimum absolute atomic E-state index is 0.000369. The lowest BCUT2D eigenvalue weighted by molar-refractivity contribution is -0.123.